The number of hydrogen-bond acceptors (Lipinski definition) is 2. The molecule has 0 saturated carbocycles. The van der Waals surface area contributed by atoms with E-state index in [0.717, 1.165) is 6.42 Å². The number of amides is 1. The fourth-order valence-electron chi connectivity index (χ4n) is 1.87. The van der Waals surface area contributed by atoms with Crippen molar-refractivity contribution in [3.8, 4) is 11.3 Å². The molecule has 0 aliphatic rings. The number of benzene rings is 1. The van der Waals surface area contributed by atoms with Gasteiger partial charge in [0.15, 0.2) is 0 Å². The van der Waals surface area contributed by atoms with E-state index in [9.17, 15) is 9.18 Å². The highest BCUT2D eigenvalue weighted by molar-refractivity contribution is 5.91. The van der Waals surface area contributed by atoms with Gasteiger partial charge in [-0.15, -0.1) is 0 Å². The zero-order valence-electron chi connectivity index (χ0n) is 13.0. The lowest BCUT2D eigenvalue weighted by Gasteiger charge is -2.23. The zero-order chi connectivity index (χ0) is 16.2. The van der Waals surface area contributed by atoms with Crippen LogP contribution in [0.4, 0.5) is 4.39 Å². The van der Waals surface area contributed by atoms with E-state index in [1.807, 2.05) is 20.8 Å². The Morgan fingerprint density at radius 3 is 2.68 bits per heavy atom. The summed E-state index contributed by atoms with van der Waals surface area (Å²) in [6, 6.07) is 9.80. The number of halogens is 1. The molecule has 2 aromatic rings. The van der Waals surface area contributed by atoms with Gasteiger partial charge < -0.3 is 9.73 Å². The second kappa shape index (κ2) is 6.60. The average Bonchev–Trinajstić information content (AvgIpc) is 2.94. The molecular formula is C18H20FNO2. The Morgan fingerprint density at radius 1 is 1.27 bits per heavy atom. The van der Waals surface area contributed by atoms with Gasteiger partial charge >= 0.3 is 0 Å². The molecular weight excluding hydrogens is 281 g/mol. The quantitative estimate of drug-likeness (QED) is 0.831. The van der Waals surface area contributed by atoms with Crippen LogP contribution < -0.4 is 5.32 Å². The molecule has 1 heterocycles. The summed E-state index contributed by atoms with van der Waals surface area (Å²) < 4.78 is 19.2. The molecule has 0 unspecified atom stereocenters. The summed E-state index contributed by atoms with van der Waals surface area (Å²) in [5, 5.41) is 2.90. The number of carbonyl (C=O) groups excluding carboxylic acids is 1. The van der Waals surface area contributed by atoms with Gasteiger partial charge in [-0.3, -0.25) is 4.79 Å². The van der Waals surface area contributed by atoms with Gasteiger partial charge in [0.05, 0.1) is 5.56 Å². The standard InChI is InChI=1S/C18H20FNO2/c1-4-18(2,3)20-17(21)12-10-13-9-11-16(22-13)14-7-5-6-8-15(14)19/h5-12H,4H2,1-3H3,(H,20,21)/b12-10+. The van der Waals surface area contributed by atoms with Crippen molar-refractivity contribution in [3.05, 3.63) is 54.1 Å². The van der Waals surface area contributed by atoms with Gasteiger partial charge in [0.1, 0.15) is 17.3 Å². The molecule has 3 nitrogen and oxygen atoms in total. The first kappa shape index (κ1) is 16.0. The van der Waals surface area contributed by atoms with Gasteiger partial charge in [-0.25, -0.2) is 4.39 Å². The molecule has 0 radical (unpaired) electrons. The topological polar surface area (TPSA) is 42.2 Å². The Kier molecular flexibility index (Phi) is 4.81. The highest BCUT2D eigenvalue weighted by Gasteiger charge is 2.16. The molecule has 0 aliphatic heterocycles. The minimum atomic E-state index is -0.338. The molecule has 0 bridgehead atoms. The highest BCUT2D eigenvalue weighted by Crippen LogP contribution is 2.25. The number of furan rings is 1. The van der Waals surface area contributed by atoms with Gasteiger partial charge in [-0.2, -0.15) is 0 Å². The number of rotatable bonds is 5. The largest absolute Gasteiger partial charge is 0.457 e. The number of carbonyl (C=O) groups is 1. The fourth-order valence-corrected chi connectivity index (χ4v) is 1.87. The predicted octanol–water partition coefficient (Wildman–Crippen LogP) is 4.40. The van der Waals surface area contributed by atoms with Crippen molar-refractivity contribution in [1.82, 2.24) is 5.32 Å². The molecule has 1 aromatic carbocycles. The van der Waals surface area contributed by atoms with Crippen LogP contribution in [0.25, 0.3) is 17.4 Å². The van der Waals surface area contributed by atoms with Gasteiger partial charge in [-0.05, 0) is 50.6 Å². The van der Waals surface area contributed by atoms with Gasteiger partial charge in [-0.1, -0.05) is 19.1 Å². The SMILES string of the molecule is CCC(C)(C)NC(=O)/C=C/c1ccc(-c2ccccc2F)o1. The van der Waals surface area contributed by atoms with Crippen LogP contribution in [-0.2, 0) is 4.79 Å². The van der Waals surface area contributed by atoms with E-state index in [0.29, 0.717) is 17.1 Å². The molecule has 1 aromatic heterocycles. The lowest BCUT2D eigenvalue weighted by atomic mass is 10.0. The summed E-state index contributed by atoms with van der Waals surface area (Å²) >= 11 is 0. The normalized spacial score (nSPS) is 11.8. The van der Waals surface area contributed by atoms with E-state index >= 15 is 0 Å². The summed E-state index contributed by atoms with van der Waals surface area (Å²) in [4.78, 5) is 11.8. The van der Waals surface area contributed by atoms with Crippen molar-refractivity contribution in [1.29, 1.82) is 0 Å². The van der Waals surface area contributed by atoms with E-state index in [-0.39, 0.29) is 17.3 Å². The van der Waals surface area contributed by atoms with Crippen molar-refractivity contribution in [2.75, 3.05) is 0 Å². The summed E-state index contributed by atoms with van der Waals surface area (Å²) in [7, 11) is 0. The highest BCUT2D eigenvalue weighted by atomic mass is 19.1. The van der Waals surface area contributed by atoms with Crippen LogP contribution in [-0.4, -0.2) is 11.4 Å². The minimum Gasteiger partial charge on any atom is -0.457 e. The Bertz CT molecular complexity index is 686. The van der Waals surface area contributed by atoms with Crippen LogP contribution in [0.1, 0.15) is 33.0 Å². The molecule has 0 atom stereocenters. The third-order valence-electron chi connectivity index (χ3n) is 3.51. The minimum absolute atomic E-state index is 0.185. The van der Waals surface area contributed by atoms with E-state index in [4.69, 9.17) is 4.42 Å². The lowest BCUT2D eigenvalue weighted by molar-refractivity contribution is -0.118. The van der Waals surface area contributed by atoms with Gasteiger partial charge in [0.2, 0.25) is 5.91 Å². The first-order chi connectivity index (χ1) is 10.4. The fraction of sp³-hybridized carbons (Fsp3) is 0.278. The van der Waals surface area contributed by atoms with Crippen molar-refractivity contribution < 1.29 is 13.6 Å². The van der Waals surface area contributed by atoms with Crippen LogP contribution in [0.3, 0.4) is 0 Å². The summed E-state index contributed by atoms with van der Waals surface area (Å²) in [5.41, 5.74) is 0.154. The summed E-state index contributed by atoms with van der Waals surface area (Å²) in [5.74, 6) is 0.417. The summed E-state index contributed by atoms with van der Waals surface area (Å²) in [6.07, 6.45) is 3.83. The van der Waals surface area contributed by atoms with Gasteiger partial charge in [0.25, 0.3) is 0 Å². The molecule has 0 saturated heterocycles. The molecule has 1 amide bonds. The molecule has 4 heteroatoms. The molecule has 0 fully saturated rings. The molecule has 0 spiro atoms. The molecule has 22 heavy (non-hydrogen) atoms. The summed E-state index contributed by atoms with van der Waals surface area (Å²) in [6.45, 7) is 5.93. The Labute approximate surface area is 129 Å². The van der Waals surface area contributed by atoms with E-state index in [2.05, 4.69) is 5.32 Å². The Balaban J connectivity index is 2.08. The molecule has 2 rings (SSSR count). The molecule has 116 valence electrons. The number of hydrogen-bond donors (Lipinski definition) is 1. The Morgan fingerprint density at radius 2 is 2.00 bits per heavy atom. The molecule has 0 aliphatic carbocycles. The van der Waals surface area contributed by atoms with E-state index in [1.54, 1.807) is 36.4 Å². The van der Waals surface area contributed by atoms with E-state index in [1.165, 1.54) is 12.1 Å². The average molecular weight is 301 g/mol. The Hall–Kier alpha value is -2.36. The van der Waals surface area contributed by atoms with Crippen LogP contribution in [0.15, 0.2) is 46.9 Å². The van der Waals surface area contributed by atoms with Crippen LogP contribution >= 0.6 is 0 Å². The first-order valence-corrected chi connectivity index (χ1v) is 7.26. The smallest absolute Gasteiger partial charge is 0.244 e. The lowest BCUT2D eigenvalue weighted by Crippen LogP contribution is -2.41. The maximum Gasteiger partial charge on any atom is 0.244 e. The maximum absolute atomic E-state index is 13.7. The predicted molar refractivity (Wildman–Crippen MR) is 85.6 cm³/mol. The number of nitrogens with one attached hydrogen (secondary N) is 1. The second-order valence-electron chi connectivity index (χ2n) is 5.74. The first-order valence-electron chi connectivity index (χ1n) is 7.26. The van der Waals surface area contributed by atoms with Crippen molar-refractivity contribution in [2.24, 2.45) is 0 Å². The third-order valence-corrected chi connectivity index (χ3v) is 3.51. The van der Waals surface area contributed by atoms with Crippen LogP contribution in [0.2, 0.25) is 0 Å². The zero-order valence-corrected chi connectivity index (χ0v) is 13.0. The van der Waals surface area contributed by atoms with E-state index < -0.39 is 0 Å². The van der Waals surface area contributed by atoms with Crippen molar-refractivity contribution in [3.63, 3.8) is 0 Å². The monoisotopic (exact) mass is 301 g/mol. The van der Waals surface area contributed by atoms with Crippen molar-refractivity contribution >= 4 is 12.0 Å². The second-order valence-corrected chi connectivity index (χ2v) is 5.74. The van der Waals surface area contributed by atoms with Crippen LogP contribution in [0.5, 0.6) is 0 Å². The van der Waals surface area contributed by atoms with Crippen LogP contribution in [0, 0.1) is 5.82 Å². The molecule has 1 N–H and O–H groups in total. The third kappa shape index (κ3) is 4.07. The van der Waals surface area contributed by atoms with Gasteiger partial charge in [0, 0.05) is 11.6 Å². The maximum atomic E-state index is 13.7. The van der Waals surface area contributed by atoms with Crippen molar-refractivity contribution in [2.45, 2.75) is 32.7 Å².